The number of fused-ring (bicyclic) bond motifs is 1. The second kappa shape index (κ2) is 7.79. The van der Waals surface area contributed by atoms with Crippen LogP contribution in [0.1, 0.15) is 48.9 Å². The highest BCUT2D eigenvalue weighted by Crippen LogP contribution is 2.45. The lowest BCUT2D eigenvalue weighted by Crippen LogP contribution is -2.47. The Labute approximate surface area is 182 Å². The number of alkyl halides is 1. The SMILES string of the molecule is Cn1cc(C2CC3C(CC2F)NNC3c2cc(N3CCN(C4CC4)CC3)ncn2)cn1. The highest BCUT2D eigenvalue weighted by atomic mass is 19.1. The van der Waals surface area contributed by atoms with Crippen LogP contribution >= 0.6 is 0 Å². The zero-order chi connectivity index (χ0) is 20.9. The summed E-state index contributed by atoms with van der Waals surface area (Å²) in [5, 5.41) is 4.26. The molecule has 0 bridgehead atoms. The molecule has 2 saturated carbocycles. The molecule has 166 valence electrons. The zero-order valence-corrected chi connectivity index (χ0v) is 18.0. The summed E-state index contributed by atoms with van der Waals surface area (Å²) in [6, 6.07) is 3.14. The summed E-state index contributed by atoms with van der Waals surface area (Å²) in [7, 11) is 1.89. The van der Waals surface area contributed by atoms with Gasteiger partial charge in [-0.1, -0.05) is 0 Å². The third kappa shape index (κ3) is 3.72. The van der Waals surface area contributed by atoms with E-state index in [2.05, 4.69) is 41.8 Å². The predicted octanol–water partition coefficient (Wildman–Crippen LogP) is 1.54. The van der Waals surface area contributed by atoms with Crippen molar-refractivity contribution in [1.29, 1.82) is 0 Å². The maximum atomic E-state index is 15.0. The van der Waals surface area contributed by atoms with E-state index in [1.807, 2.05) is 19.4 Å². The predicted molar refractivity (Wildman–Crippen MR) is 115 cm³/mol. The van der Waals surface area contributed by atoms with Gasteiger partial charge in [0.1, 0.15) is 18.3 Å². The number of nitrogens with one attached hydrogen (secondary N) is 2. The lowest BCUT2D eigenvalue weighted by molar-refractivity contribution is 0.153. The van der Waals surface area contributed by atoms with Gasteiger partial charge in [-0.3, -0.25) is 15.0 Å². The maximum absolute atomic E-state index is 15.0. The average Bonchev–Trinajstić information content (AvgIpc) is 3.43. The van der Waals surface area contributed by atoms with E-state index in [9.17, 15) is 4.39 Å². The molecule has 4 aliphatic rings. The quantitative estimate of drug-likeness (QED) is 0.768. The first kappa shape index (κ1) is 19.6. The van der Waals surface area contributed by atoms with Gasteiger partial charge in [0.05, 0.1) is 17.9 Å². The van der Waals surface area contributed by atoms with Gasteiger partial charge in [0.2, 0.25) is 0 Å². The first-order valence-corrected chi connectivity index (χ1v) is 11.6. The standard InChI is InChI=1S/C22H31FN8/c1-29-12-14(11-26-29)16-8-17-19(9-18(16)23)27-28-22(17)20-10-21(25-13-24-20)31-6-4-30(5-7-31)15-2-3-15/h10-13,15-19,22,27-28H,2-9H2,1H3. The molecule has 2 saturated heterocycles. The fourth-order valence-electron chi connectivity index (χ4n) is 5.76. The van der Waals surface area contributed by atoms with Crippen LogP contribution in [0.5, 0.6) is 0 Å². The molecule has 4 heterocycles. The summed E-state index contributed by atoms with van der Waals surface area (Å²) >= 11 is 0. The van der Waals surface area contributed by atoms with Gasteiger partial charge in [-0.2, -0.15) is 5.10 Å². The smallest absolute Gasteiger partial charge is 0.132 e. The van der Waals surface area contributed by atoms with Crippen LogP contribution in [0.4, 0.5) is 10.2 Å². The van der Waals surface area contributed by atoms with Crippen molar-refractivity contribution in [3.05, 3.63) is 36.0 Å². The largest absolute Gasteiger partial charge is 0.354 e. The molecule has 6 rings (SSSR count). The minimum atomic E-state index is -0.859. The van der Waals surface area contributed by atoms with Crippen molar-refractivity contribution in [2.75, 3.05) is 31.1 Å². The Morgan fingerprint density at radius 3 is 2.65 bits per heavy atom. The van der Waals surface area contributed by atoms with Crippen molar-refractivity contribution in [2.45, 2.75) is 55.9 Å². The minimum absolute atomic E-state index is 0.0613. The average molecular weight is 427 g/mol. The number of hydrogen-bond donors (Lipinski definition) is 2. The zero-order valence-electron chi connectivity index (χ0n) is 18.0. The van der Waals surface area contributed by atoms with Crippen molar-refractivity contribution in [2.24, 2.45) is 13.0 Å². The van der Waals surface area contributed by atoms with E-state index in [0.717, 1.165) is 55.7 Å². The highest BCUT2D eigenvalue weighted by Gasteiger charge is 2.46. The number of anilines is 1. The van der Waals surface area contributed by atoms with E-state index in [0.29, 0.717) is 6.42 Å². The molecule has 4 fully saturated rings. The molecule has 0 radical (unpaired) electrons. The van der Waals surface area contributed by atoms with E-state index < -0.39 is 6.17 Å². The molecule has 0 spiro atoms. The normalized spacial score (nSPS) is 34.1. The summed E-state index contributed by atoms with van der Waals surface area (Å²) in [6.07, 6.45) is 8.60. The number of aryl methyl sites for hydroxylation is 1. The summed E-state index contributed by atoms with van der Waals surface area (Å²) in [5.41, 5.74) is 8.76. The number of hydrazine groups is 1. The van der Waals surface area contributed by atoms with Crippen LogP contribution < -0.4 is 15.8 Å². The topological polar surface area (TPSA) is 74.1 Å². The Kier molecular flexibility index (Phi) is 4.92. The molecule has 0 aromatic carbocycles. The Bertz CT molecular complexity index is 922. The van der Waals surface area contributed by atoms with Crippen LogP contribution in [0, 0.1) is 5.92 Å². The second-order valence-electron chi connectivity index (χ2n) is 9.63. The molecule has 2 aromatic rings. The summed E-state index contributed by atoms with van der Waals surface area (Å²) < 4.78 is 16.7. The number of hydrogen-bond acceptors (Lipinski definition) is 7. The Morgan fingerprint density at radius 2 is 1.90 bits per heavy atom. The van der Waals surface area contributed by atoms with Gasteiger partial charge in [-0.15, -0.1) is 0 Å². The number of piperazine rings is 1. The molecule has 2 N–H and O–H groups in total. The lowest BCUT2D eigenvalue weighted by atomic mass is 9.72. The summed E-state index contributed by atoms with van der Waals surface area (Å²) in [4.78, 5) is 14.2. The molecule has 5 atom stereocenters. The van der Waals surface area contributed by atoms with E-state index in [1.165, 1.54) is 12.8 Å². The van der Waals surface area contributed by atoms with E-state index in [-0.39, 0.29) is 23.9 Å². The first-order chi connectivity index (χ1) is 15.2. The van der Waals surface area contributed by atoms with Crippen molar-refractivity contribution in [1.82, 2.24) is 35.5 Å². The third-order valence-electron chi connectivity index (χ3n) is 7.66. The fraction of sp³-hybridized carbons (Fsp3) is 0.682. The van der Waals surface area contributed by atoms with E-state index >= 15 is 0 Å². The van der Waals surface area contributed by atoms with Gasteiger partial charge in [0, 0.05) is 63.5 Å². The third-order valence-corrected chi connectivity index (χ3v) is 7.66. The molecule has 9 heteroatoms. The Hall–Kier alpha value is -2.10. The van der Waals surface area contributed by atoms with Gasteiger partial charge < -0.3 is 4.90 Å². The van der Waals surface area contributed by atoms with Crippen molar-refractivity contribution in [3.8, 4) is 0 Å². The van der Waals surface area contributed by atoms with Crippen molar-refractivity contribution < 1.29 is 4.39 Å². The second-order valence-corrected chi connectivity index (χ2v) is 9.63. The number of rotatable bonds is 4. The minimum Gasteiger partial charge on any atom is -0.354 e. The maximum Gasteiger partial charge on any atom is 0.132 e. The van der Waals surface area contributed by atoms with Gasteiger partial charge in [-0.25, -0.2) is 19.8 Å². The van der Waals surface area contributed by atoms with Crippen LogP contribution in [-0.2, 0) is 7.05 Å². The van der Waals surface area contributed by atoms with Crippen molar-refractivity contribution in [3.63, 3.8) is 0 Å². The monoisotopic (exact) mass is 426 g/mol. The van der Waals surface area contributed by atoms with Crippen LogP contribution in [0.2, 0.25) is 0 Å². The summed E-state index contributed by atoms with van der Waals surface area (Å²) in [5.74, 6) is 1.18. The highest BCUT2D eigenvalue weighted by molar-refractivity contribution is 5.40. The Balaban J connectivity index is 1.18. The van der Waals surface area contributed by atoms with Gasteiger partial charge in [-0.05, 0) is 37.2 Å². The Morgan fingerprint density at radius 1 is 1.06 bits per heavy atom. The molecular weight excluding hydrogens is 395 g/mol. The van der Waals surface area contributed by atoms with Crippen LogP contribution in [0.25, 0.3) is 0 Å². The number of halogens is 1. The van der Waals surface area contributed by atoms with Gasteiger partial charge in [0.25, 0.3) is 0 Å². The number of aromatic nitrogens is 4. The lowest BCUT2D eigenvalue weighted by Gasteiger charge is -2.36. The molecule has 31 heavy (non-hydrogen) atoms. The van der Waals surface area contributed by atoms with Crippen molar-refractivity contribution >= 4 is 5.82 Å². The molecule has 0 amide bonds. The van der Waals surface area contributed by atoms with Gasteiger partial charge >= 0.3 is 0 Å². The van der Waals surface area contributed by atoms with Crippen LogP contribution in [-0.4, -0.2) is 69.1 Å². The molecular formula is C22H31FN8. The molecule has 8 nitrogen and oxygen atoms in total. The first-order valence-electron chi connectivity index (χ1n) is 11.6. The molecule has 5 unspecified atom stereocenters. The van der Waals surface area contributed by atoms with Crippen LogP contribution in [0.3, 0.4) is 0 Å². The molecule has 2 aliphatic carbocycles. The van der Waals surface area contributed by atoms with Gasteiger partial charge in [0.15, 0.2) is 0 Å². The number of nitrogens with zero attached hydrogens (tertiary/aromatic N) is 6. The summed E-state index contributed by atoms with van der Waals surface area (Å²) in [6.45, 7) is 4.26. The van der Waals surface area contributed by atoms with Crippen LogP contribution in [0.15, 0.2) is 24.8 Å². The molecule has 2 aromatic heterocycles. The van der Waals surface area contributed by atoms with E-state index in [1.54, 1.807) is 11.0 Å². The molecule has 2 aliphatic heterocycles. The fourth-order valence-corrected chi connectivity index (χ4v) is 5.76. The van der Waals surface area contributed by atoms with E-state index in [4.69, 9.17) is 0 Å².